The van der Waals surface area contributed by atoms with Gasteiger partial charge in [0.2, 0.25) is 0 Å². The molecule has 2 amide bonds. The van der Waals surface area contributed by atoms with Crippen LogP contribution < -0.4 is 16.4 Å². The van der Waals surface area contributed by atoms with E-state index in [0.29, 0.717) is 22.2 Å². The number of pyridine rings is 1. The number of carbonyl (C=O) groups is 1. The van der Waals surface area contributed by atoms with Crippen LogP contribution in [-0.4, -0.2) is 17.6 Å². The molecule has 0 atom stereocenters. The van der Waals surface area contributed by atoms with Gasteiger partial charge < -0.3 is 11.1 Å². The highest BCUT2D eigenvalue weighted by Crippen LogP contribution is 2.15. The molecule has 0 aliphatic carbocycles. The number of urea groups is 1. The van der Waals surface area contributed by atoms with Crippen molar-refractivity contribution < 1.29 is 4.79 Å². The molecule has 0 saturated carbocycles. The summed E-state index contributed by atoms with van der Waals surface area (Å²) in [4.78, 5) is 16.0. The van der Waals surface area contributed by atoms with Gasteiger partial charge in [0.15, 0.2) is 0 Å². The molecular weight excluding hydrogens is 288 g/mol. The fourth-order valence-corrected chi connectivity index (χ4v) is 1.75. The maximum atomic E-state index is 11.9. The molecule has 1 heterocycles. The van der Waals surface area contributed by atoms with Gasteiger partial charge in [-0.25, -0.2) is 9.78 Å². The van der Waals surface area contributed by atoms with Crippen molar-refractivity contribution in [2.24, 2.45) is 5.73 Å². The summed E-state index contributed by atoms with van der Waals surface area (Å²) in [5.74, 6) is 5.90. The van der Waals surface area contributed by atoms with E-state index < -0.39 is 6.03 Å². The molecule has 2 rings (SSSR count). The lowest BCUT2D eigenvalue weighted by atomic mass is 10.3. The van der Waals surface area contributed by atoms with Crippen molar-refractivity contribution in [2.75, 3.05) is 17.2 Å². The SMILES string of the molecule is NCC#Cc1cccc(NC(=O)Nc2cccc(Cl)c2)n1. The summed E-state index contributed by atoms with van der Waals surface area (Å²) in [5.41, 5.74) is 6.44. The van der Waals surface area contributed by atoms with E-state index in [-0.39, 0.29) is 6.54 Å². The predicted molar refractivity (Wildman–Crippen MR) is 84.3 cm³/mol. The van der Waals surface area contributed by atoms with Crippen LogP contribution in [0.25, 0.3) is 0 Å². The number of nitrogens with one attached hydrogen (secondary N) is 2. The second-order valence-corrected chi connectivity index (χ2v) is 4.44. The zero-order valence-electron chi connectivity index (χ0n) is 11.1. The van der Waals surface area contributed by atoms with Crippen molar-refractivity contribution >= 4 is 29.1 Å². The maximum absolute atomic E-state index is 11.9. The van der Waals surface area contributed by atoms with Gasteiger partial charge in [0, 0.05) is 10.7 Å². The predicted octanol–water partition coefficient (Wildman–Crippen LogP) is 2.69. The average Bonchev–Trinajstić information content (AvgIpc) is 2.45. The lowest BCUT2D eigenvalue weighted by Crippen LogP contribution is -2.20. The normalized spacial score (nSPS) is 9.43. The van der Waals surface area contributed by atoms with Gasteiger partial charge in [-0.3, -0.25) is 5.32 Å². The molecule has 0 spiro atoms. The second kappa shape index (κ2) is 7.29. The molecule has 0 saturated heterocycles. The standard InChI is InChI=1S/C15H13ClN4O/c16-11-4-1-6-13(10-11)19-15(21)20-14-8-2-5-12(18-14)7-3-9-17/h1-2,4-6,8,10H,9,17H2,(H2,18,19,20,21). The van der Waals surface area contributed by atoms with Crippen LogP contribution in [0, 0.1) is 11.8 Å². The third kappa shape index (κ3) is 4.80. The molecule has 0 aliphatic heterocycles. The Balaban J connectivity index is 2.02. The molecule has 4 N–H and O–H groups in total. The Kier molecular flexibility index (Phi) is 5.16. The number of nitrogens with zero attached hydrogens (tertiary/aromatic N) is 1. The molecular formula is C15H13ClN4O. The fraction of sp³-hybridized carbons (Fsp3) is 0.0667. The van der Waals surface area contributed by atoms with E-state index in [4.69, 9.17) is 17.3 Å². The van der Waals surface area contributed by atoms with Crippen molar-refractivity contribution in [3.05, 3.63) is 53.2 Å². The number of carbonyl (C=O) groups excluding carboxylic acids is 1. The number of hydrogen-bond donors (Lipinski definition) is 3. The number of benzene rings is 1. The van der Waals surface area contributed by atoms with E-state index in [9.17, 15) is 4.79 Å². The lowest BCUT2D eigenvalue weighted by molar-refractivity contribution is 0.262. The van der Waals surface area contributed by atoms with E-state index in [1.807, 2.05) is 0 Å². The van der Waals surface area contributed by atoms with Gasteiger partial charge in [0.25, 0.3) is 0 Å². The molecule has 6 heteroatoms. The Morgan fingerprint density at radius 3 is 2.81 bits per heavy atom. The first kappa shape index (κ1) is 14.9. The highest BCUT2D eigenvalue weighted by atomic mass is 35.5. The lowest BCUT2D eigenvalue weighted by Gasteiger charge is -2.07. The van der Waals surface area contributed by atoms with Crippen LogP contribution in [0.15, 0.2) is 42.5 Å². The Morgan fingerprint density at radius 2 is 2.05 bits per heavy atom. The third-order valence-electron chi connectivity index (χ3n) is 2.39. The minimum Gasteiger partial charge on any atom is -0.320 e. The summed E-state index contributed by atoms with van der Waals surface area (Å²) in [5, 5.41) is 5.83. The van der Waals surface area contributed by atoms with Crippen molar-refractivity contribution in [3.63, 3.8) is 0 Å². The summed E-state index contributed by atoms with van der Waals surface area (Å²) in [6.45, 7) is 0.259. The smallest absolute Gasteiger partial charge is 0.320 e. The van der Waals surface area contributed by atoms with E-state index in [1.165, 1.54) is 0 Å². The minimum absolute atomic E-state index is 0.259. The Bertz CT molecular complexity index is 706. The summed E-state index contributed by atoms with van der Waals surface area (Å²) in [6.07, 6.45) is 0. The molecule has 1 aromatic carbocycles. The number of hydrogen-bond acceptors (Lipinski definition) is 3. The van der Waals surface area contributed by atoms with Crippen molar-refractivity contribution in [1.82, 2.24) is 4.98 Å². The molecule has 0 bridgehead atoms. The number of rotatable bonds is 2. The molecule has 21 heavy (non-hydrogen) atoms. The molecule has 0 unspecified atom stereocenters. The number of aromatic nitrogens is 1. The first-order chi connectivity index (χ1) is 10.2. The molecule has 1 aromatic heterocycles. The van der Waals surface area contributed by atoms with Gasteiger partial charge in [0.1, 0.15) is 11.5 Å². The molecule has 106 valence electrons. The van der Waals surface area contributed by atoms with Crippen LogP contribution in [0.5, 0.6) is 0 Å². The number of anilines is 2. The first-order valence-electron chi connectivity index (χ1n) is 6.17. The Morgan fingerprint density at radius 1 is 1.24 bits per heavy atom. The topological polar surface area (TPSA) is 80.0 Å². The first-order valence-corrected chi connectivity index (χ1v) is 6.55. The summed E-state index contributed by atoms with van der Waals surface area (Å²) < 4.78 is 0. The van der Waals surface area contributed by atoms with Crippen LogP contribution in [-0.2, 0) is 0 Å². The van der Waals surface area contributed by atoms with Crippen molar-refractivity contribution in [3.8, 4) is 11.8 Å². The average molecular weight is 301 g/mol. The Labute approximate surface area is 127 Å². The van der Waals surface area contributed by atoms with Crippen LogP contribution in [0.1, 0.15) is 5.69 Å². The monoisotopic (exact) mass is 300 g/mol. The highest BCUT2D eigenvalue weighted by molar-refractivity contribution is 6.30. The minimum atomic E-state index is -0.409. The van der Waals surface area contributed by atoms with Crippen LogP contribution in [0.2, 0.25) is 5.02 Å². The molecule has 5 nitrogen and oxygen atoms in total. The second-order valence-electron chi connectivity index (χ2n) is 4.00. The van der Waals surface area contributed by atoms with Gasteiger partial charge >= 0.3 is 6.03 Å². The van der Waals surface area contributed by atoms with Crippen molar-refractivity contribution in [1.29, 1.82) is 0 Å². The summed E-state index contributed by atoms with van der Waals surface area (Å²) in [6, 6.07) is 11.6. The summed E-state index contributed by atoms with van der Waals surface area (Å²) in [7, 11) is 0. The fourth-order valence-electron chi connectivity index (χ4n) is 1.56. The van der Waals surface area contributed by atoms with Gasteiger partial charge in [-0.05, 0) is 36.3 Å². The molecule has 0 radical (unpaired) electrons. The summed E-state index contributed by atoms with van der Waals surface area (Å²) >= 11 is 5.85. The maximum Gasteiger partial charge on any atom is 0.324 e. The van der Waals surface area contributed by atoms with E-state index >= 15 is 0 Å². The quantitative estimate of drug-likeness (QED) is 0.746. The van der Waals surface area contributed by atoms with Crippen LogP contribution >= 0.6 is 11.6 Å². The third-order valence-corrected chi connectivity index (χ3v) is 2.63. The van der Waals surface area contributed by atoms with Gasteiger partial charge in [-0.15, -0.1) is 0 Å². The Hall–Kier alpha value is -2.55. The molecule has 2 aromatic rings. The zero-order chi connectivity index (χ0) is 15.1. The zero-order valence-corrected chi connectivity index (χ0v) is 11.8. The van der Waals surface area contributed by atoms with E-state index in [0.717, 1.165) is 0 Å². The molecule has 0 fully saturated rings. The largest absolute Gasteiger partial charge is 0.324 e. The number of amides is 2. The highest BCUT2D eigenvalue weighted by Gasteiger charge is 2.04. The van der Waals surface area contributed by atoms with Crippen molar-refractivity contribution in [2.45, 2.75) is 0 Å². The molecule has 0 aliphatic rings. The van der Waals surface area contributed by atoms with E-state index in [2.05, 4.69) is 27.5 Å². The van der Waals surface area contributed by atoms with Gasteiger partial charge in [-0.1, -0.05) is 29.7 Å². The van der Waals surface area contributed by atoms with Crippen LogP contribution in [0.4, 0.5) is 16.3 Å². The van der Waals surface area contributed by atoms with Gasteiger partial charge in [-0.2, -0.15) is 0 Å². The van der Waals surface area contributed by atoms with Gasteiger partial charge in [0.05, 0.1) is 6.54 Å². The number of nitrogens with two attached hydrogens (primary N) is 1. The number of halogens is 1. The van der Waals surface area contributed by atoms with E-state index in [1.54, 1.807) is 42.5 Å². The van der Waals surface area contributed by atoms with Crippen LogP contribution in [0.3, 0.4) is 0 Å².